The van der Waals surface area contributed by atoms with Crippen LogP contribution in [-0.4, -0.2) is 52.7 Å². The molecule has 1 atom stereocenters. The lowest BCUT2D eigenvalue weighted by molar-refractivity contribution is -0.121. The molecule has 0 radical (unpaired) electrons. The van der Waals surface area contributed by atoms with E-state index in [0.717, 1.165) is 34.7 Å². The van der Waals surface area contributed by atoms with Crippen LogP contribution >= 0.6 is 0 Å². The van der Waals surface area contributed by atoms with Crippen LogP contribution in [0.2, 0.25) is 0 Å². The lowest BCUT2D eigenvalue weighted by atomic mass is 10.1. The third kappa shape index (κ3) is 7.51. The van der Waals surface area contributed by atoms with E-state index < -0.39 is 27.8 Å². The smallest absolute Gasteiger partial charge is 0.235 e. The highest BCUT2D eigenvalue weighted by atomic mass is 32.2. The predicted octanol–water partition coefficient (Wildman–Crippen LogP) is 4.16. The van der Waals surface area contributed by atoms with Crippen molar-refractivity contribution in [1.29, 1.82) is 0 Å². The maximum Gasteiger partial charge on any atom is 0.235 e. The number of aromatic nitrogens is 3. The molecule has 3 aromatic rings. The molecular formula is C26H33F2N7O3S. The zero-order chi connectivity index (χ0) is 28.3. The number of carbonyl (C=O) groups is 1. The van der Waals surface area contributed by atoms with Gasteiger partial charge in [0.25, 0.3) is 0 Å². The molecular weight excluding hydrogens is 528 g/mol. The topological polar surface area (TPSA) is 132 Å². The summed E-state index contributed by atoms with van der Waals surface area (Å²) < 4.78 is 53.7. The molecule has 39 heavy (non-hydrogen) atoms. The van der Waals surface area contributed by atoms with E-state index in [1.165, 1.54) is 18.2 Å². The Hall–Kier alpha value is -3.58. The molecule has 0 bridgehead atoms. The average molecular weight is 562 g/mol. The number of H-pyrrole nitrogens is 1. The Morgan fingerprint density at radius 1 is 1.13 bits per heavy atom. The van der Waals surface area contributed by atoms with E-state index in [-0.39, 0.29) is 36.6 Å². The fraction of sp³-hybridized carbons (Fsp3) is 0.423. The van der Waals surface area contributed by atoms with Gasteiger partial charge in [-0.3, -0.25) is 9.89 Å². The van der Waals surface area contributed by atoms with Gasteiger partial charge in [0, 0.05) is 41.9 Å². The van der Waals surface area contributed by atoms with Gasteiger partial charge >= 0.3 is 0 Å². The summed E-state index contributed by atoms with van der Waals surface area (Å²) in [6.07, 6.45) is 3.21. The lowest BCUT2D eigenvalue weighted by Gasteiger charge is -2.23. The molecule has 0 aliphatic heterocycles. The van der Waals surface area contributed by atoms with Crippen LogP contribution in [0, 0.1) is 11.6 Å². The molecule has 1 saturated carbocycles. The largest absolute Gasteiger partial charge is 0.363 e. The van der Waals surface area contributed by atoms with E-state index in [4.69, 9.17) is 0 Å². The number of aromatic amines is 1. The third-order valence-corrected chi connectivity index (χ3v) is 7.82. The second-order valence-corrected chi connectivity index (χ2v) is 12.0. The van der Waals surface area contributed by atoms with Crippen molar-refractivity contribution in [2.75, 3.05) is 23.4 Å². The average Bonchev–Trinajstić information content (AvgIpc) is 3.61. The van der Waals surface area contributed by atoms with Crippen molar-refractivity contribution in [3.63, 3.8) is 0 Å². The first-order chi connectivity index (χ1) is 18.4. The first-order valence-electron chi connectivity index (χ1n) is 12.7. The lowest BCUT2D eigenvalue weighted by Crippen LogP contribution is -2.43. The number of nitrogens with zero attached hydrogens (tertiary/aromatic N) is 3. The highest BCUT2D eigenvalue weighted by molar-refractivity contribution is 7.88. The fourth-order valence-electron chi connectivity index (χ4n) is 4.11. The molecule has 1 aromatic carbocycles. The molecule has 4 N–H and O–H groups in total. The van der Waals surface area contributed by atoms with Crippen LogP contribution in [0.5, 0.6) is 0 Å². The number of nitrogens with one attached hydrogen (secondary N) is 4. The van der Waals surface area contributed by atoms with Crippen molar-refractivity contribution < 1.29 is 22.0 Å². The Kier molecular flexibility index (Phi) is 8.50. The van der Waals surface area contributed by atoms with Gasteiger partial charge in [0.15, 0.2) is 17.5 Å². The number of amides is 1. The molecule has 1 amide bonds. The Morgan fingerprint density at radius 2 is 1.82 bits per heavy atom. The summed E-state index contributed by atoms with van der Waals surface area (Å²) in [6.45, 7) is 4.71. The summed E-state index contributed by atoms with van der Waals surface area (Å²) in [7, 11) is -3.60. The van der Waals surface area contributed by atoms with E-state index in [1.807, 2.05) is 13.0 Å². The minimum atomic E-state index is -3.60. The monoisotopic (exact) mass is 561 g/mol. The first kappa shape index (κ1) is 28.4. The molecule has 1 fully saturated rings. The van der Waals surface area contributed by atoms with E-state index >= 15 is 4.39 Å². The number of hydrogen-bond acceptors (Lipinski definition) is 7. The minimum absolute atomic E-state index is 0.0595. The summed E-state index contributed by atoms with van der Waals surface area (Å²) in [5.74, 6) is -0.464. The second kappa shape index (κ2) is 11.7. The van der Waals surface area contributed by atoms with Gasteiger partial charge in [-0.2, -0.15) is 9.40 Å². The molecule has 2 aromatic heterocycles. The Bertz CT molecular complexity index is 1420. The van der Waals surface area contributed by atoms with Crippen LogP contribution in [0.25, 0.3) is 0 Å². The van der Waals surface area contributed by atoms with Gasteiger partial charge in [-0.15, -0.1) is 0 Å². The highest BCUT2D eigenvalue weighted by Crippen LogP contribution is 2.39. The van der Waals surface area contributed by atoms with E-state index in [9.17, 15) is 17.6 Å². The van der Waals surface area contributed by atoms with Crippen molar-refractivity contribution >= 4 is 33.4 Å². The molecule has 1 aliphatic rings. The van der Waals surface area contributed by atoms with Gasteiger partial charge in [-0.1, -0.05) is 12.1 Å². The molecule has 4 rings (SSSR count). The number of halogens is 2. The number of sulfonamides is 1. The van der Waals surface area contributed by atoms with Gasteiger partial charge < -0.3 is 16.0 Å². The maximum absolute atomic E-state index is 15.2. The van der Waals surface area contributed by atoms with Crippen LogP contribution in [-0.2, 0) is 21.4 Å². The van der Waals surface area contributed by atoms with Crippen LogP contribution < -0.4 is 16.0 Å². The van der Waals surface area contributed by atoms with Crippen molar-refractivity contribution in [3.05, 3.63) is 64.9 Å². The maximum atomic E-state index is 15.2. The fourth-order valence-corrected chi connectivity index (χ4v) is 5.23. The number of hydrogen-bond donors (Lipinski definition) is 4. The summed E-state index contributed by atoms with van der Waals surface area (Å²) in [5.41, 5.74) is 2.09. The number of benzene rings is 1. The van der Waals surface area contributed by atoms with Crippen molar-refractivity contribution in [3.8, 4) is 0 Å². The second-order valence-electron chi connectivity index (χ2n) is 10.0. The van der Waals surface area contributed by atoms with Gasteiger partial charge in [-0.25, -0.2) is 22.2 Å². The van der Waals surface area contributed by atoms with Crippen LogP contribution in [0.3, 0.4) is 0 Å². The molecule has 0 unspecified atom stereocenters. The van der Waals surface area contributed by atoms with E-state index in [1.54, 1.807) is 26.0 Å². The third-order valence-electron chi connectivity index (χ3n) is 6.42. The van der Waals surface area contributed by atoms with Gasteiger partial charge in [0.05, 0.1) is 12.8 Å². The number of carbonyl (C=O) groups excluding carboxylic acids is 1. The molecule has 0 saturated heterocycles. The zero-order valence-corrected chi connectivity index (χ0v) is 23.1. The summed E-state index contributed by atoms with van der Waals surface area (Å²) in [6, 6.07) is 8.28. The van der Waals surface area contributed by atoms with Crippen LogP contribution in [0.15, 0.2) is 36.4 Å². The quantitative estimate of drug-likeness (QED) is 0.261. The Morgan fingerprint density at radius 3 is 2.44 bits per heavy atom. The van der Waals surface area contributed by atoms with Crippen LogP contribution in [0.4, 0.5) is 26.2 Å². The standard InChI is InChI=1S/C26H33F2N7O3S/c1-15(2)35(39(4,37)38)14-24(36)29-13-19-11-21(28)26(31-23-12-22(33-34-23)18-5-6-18)32-25(19)30-16(3)17-7-9-20(27)10-8-17/h7-12,15-16,18H,5-6,13-14H2,1-4H3,(H,29,36)(H3,30,31,32,33,34)/t16-/m0/s1. The van der Waals surface area contributed by atoms with Crippen molar-refractivity contribution in [1.82, 2.24) is 24.8 Å². The molecule has 210 valence electrons. The predicted molar refractivity (Wildman–Crippen MR) is 145 cm³/mol. The van der Waals surface area contributed by atoms with Crippen LogP contribution in [0.1, 0.15) is 62.4 Å². The number of anilines is 3. The Labute approximate surface area is 226 Å². The normalized spacial score (nSPS) is 14.5. The zero-order valence-electron chi connectivity index (χ0n) is 22.3. The Balaban J connectivity index is 1.56. The van der Waals surface area contributed by atoms with Gasteiger partial charge in [-0.05, 0) is 57.4 Å². The summed E-state index contributed by atoms with van der Waals surface area (Å²) in [4.78, 5) is 17.1. The SMILES string of the molecule is CC(C)N(CC(=O)NCc1cc(F)c(Nc2cc(C3CC3)[nH]n2)nc1N[C@@H](C)c1ccc(F)cc1)S(C)(=O)=O. The van der Waals surface area contributed by atoms with E-state index in [2.05, 4.69) is 31.1 Å². The van der Waals surface area contributed by atoms with Crippen molar-refractivity contribution in [2.24, 2.45) is 0 Å². The van der Waals surface area contributed by atoms with E-state index in [0.29, 0.717) is 17.3 Å². The van der Waals surface area contributed by atoms with Crippen molar-refractivity contribution in [2.45, 2.75) is 58.2 Å². The minimum Gasteiger partial charge on any atom is -0.363 e. The first-order valence-corrected chi connectivity index (χ1v) is 14.5. The van der Waals surface area contributed by atoms with Gasteiger partial charge in [0.1, 0.15) is 11.6 Å². The number of pyridine rings is 1. The van der Waals surface area contributed by atoms with Gasteiger partial charge in [0.2, 0.25) is 15.9 Å². The molecule has 13 heteroatoms. The molecule has 10 nitrogen and oxygen atoms in total. The molecule has 1 aliphatic carbocycles. The summed E-state index contributed by atoms with van der Waals surface area (Å²) >= 11 is 0. The molecule has 0 spiro atoms. The number of rotatable bonds is 12. The summed E-state index contributed by atoms with van der Waals surface area (Å²) in [5, 5.41) is 15.9. The highest BCUT2D eigenvalue weighted by Gasteiger charge is 2.26. The molecule has 2 heterocycles.